The Hall–Kier alpha value is -2.73. The molecular weight excluding hydrogens is 306 g/mol. The Balaban J connectivity index is 1.76. The molecule has 124 valence electrons. The SMILES string of the molecule is CN1C(=O)CO[C@H](C(=O)NCc2cccnc2)[C@@H]1c1ccccc1. The number of carbonyl (C=O) groups excluding carboxylic acids is 2. The van der Waals surface area contributed by atoms with E-state index < -0.39 is 12.1 Å². The molecule has 2 heterocycles. The fourth-order valence-electron chi connectivity index (χ4n) is 2.77. The van der Waals surface area contributed by atoms with Gasteiger partial charge >= 0.3 is 0 Å². The molecule has 1 aromatic carbocycles. The molecule has 6 nitrogen and oxygen atoms in total. The molecule has 0 bridgehead atoms. The zero-order valence-corrected chi connectivity index (χ0v) is 13.4. The molecule has 0 unspecified atom stereocenters. The highest BCUT2D eigenvalue weighted by Crippen LogP contribution is 2.29. The van der Waals surface area contributed by atoms with Gasteiger partial charge in [0.15, 0.2) is 6.10 Å². The Morgan fingerprint density at radius 3 is 2.79 bits per heavy atom. The zero-order chi connectivity index (χ0) is 16.9. The average Bonchev–Trinajstić information content (AvgIpc) is 2.63. The van der Waals surface area contributed by atoms with E-state index in [0.717, 1.165) is 11.1 Å². The number of hydrogen-bond acceptors (Lipinski definition) is 4. The number of nitrogens with one attached hydrogen (secondary N) is 1. The van der Waals surface area contributed by atoms with Crippen molar-refractivity contribution in [3.8, 4) is 0 Å². The van der Waals surface area contributed by atoms with Crippen LogP contribution in [0, 0.1) is 0 Å². The van der Waals surface area contributed by atoms with Gasteiger partial charge in [0.25, 0.3) is 5.91 Å². The van der Waals surface area contributed by atoms with E-state index in [1.807, 2.05) is 42.5 Å². The Morgan fingerprint density at radius 1 is 1.29 bits per heavy atom. The lowest BCUT2D eigenvalue weighted by Gasteiger charge is -2.38. The number of nitrogens with zero attached hydrogens (tertiary/aromatic N) is 2. The van der Waals surface area contributed by atoms with Crippen LogP contribution in [0.4, 0.5) is 0 Å². The molecule has 1 aliphatic rings. The van der Waals surface area contributed by atoms with Crippen LogP contribution in [0.2, 0.25) is 0 Å². The third-order valence-corrected chi connectivity index (χ3v) is 4.07. The summed E-state index contributed by atoms with van der Waals surface area (Å²) in [5.74, 6) is -0.382. The van der Waals surface area contributed by atoms with Gasteiger partial charge in [0, 0.05) is 26.0 Å². The summed E-state index contributed by atoms with van der Waals surface area (Å²) in [5.41, 5.74) is 1.77. The molecule has 1 N–H and O–H groups in total. The van der Waals surface area contributed by atoms with Gasteiger partial charge in [-0.15, -0.1) is 0 Å². The first-order valence-corrected chi connectivity index (χ1v) is 7.75. The summed E-state index contributed by atoms with van der Waals surface area (Å²) in [7, 11) is 1.70. The van der Waals surface area contributed by atoms with Crippen LogP contribution >= 0.6 is 0 Å². The molecule has 0 aliphatic carbocycles. The molecular formula is C18H19N3O3. The molecule has 0 radical (unpaired) electrons. The quantitative estimate of drug-likeness (QED) is 0.920. The monoisotopic (exact) mass is 325 g/mol. The summed E-state index contributed by atoms with van der Waals surface area (Å²) >= 11 is 0. The van der Waals surface area contributed by atoms with E-state index >= 15 is 0 Å². The normalized spacial score (nSPS) is 20.7. The fourth-order valence-corrected chi connectivity index (χ4v) is 2.77. The Morgan fingerprint density at radius 2 is 2.08 bits per heavy atom. The van der Waals surface area contributed by atoms with Crippen molar-refractivity contribution in [2.75, 3.05) is 13.7 Å². The lowest BCUT2D eigenvalue weighted by Crippen LogP contribution is -2.52. The molecule has 2 aromatic rings. The van der Waals surface area contributed by atoms with Crippen LogP contribution in [0.25, 0.3) is 0 Å². The van der Waals surface area contributed by atoms with Crippen molar-refractivity contribution in [1.82, 2.24) is 15.2 Å². The van der Waals surface area contributed by atoms with Crippen LogP contribution in [-0.2, 0) is 20.9 Å². The molecule has 0 spiro atoms. The lowest BCUT2D eigenvalue weighted by molar-refractivity contribution is -0.162. The first-order chi connectivity index (χ1) is 11.7. The van der Waals surface area contributed by atoms with Crippen molar-refractivity contribution >= 4 is 11.8 Å². The van der Waals surface area contributed by atoms with Gasteiger partial charge in [-0.2, -0.15) is 0 Å². The van der Waals surface area contributed by atoms with E-state index in [0.29, 0.717) is 6.54 Å². The Labute approximate surface area is 140 Å². The summed E-state index contributed by atoms with van der Waals surface area (Å²) in [5, 5.41) is 2.86. The van der Waals surface area contributed by atoms with Crippen molar-refractivity contribution in [2.24, 2.45) is 0 Å². The molecule has 1 aromatic heterocycles. The van der Waals surface area contributed by atoms with Crippen LogP contribution in [0.5, 0.6) is 0 Å². The number of ether oxygens (including phenoxy) is 1. The number of amides is 2. The highest BCUT2D eigenvalue weighted by Gasteiger charge is 2.39. The van der Waals surface area contributed by atoms with E-state index in [1.54, 1.807) is 24.3 Å². The van der Waals surface area contributed by atoms with Crippen LogP contribution in [-0.4, -0.2) is 41.5 Å². The number of aromatic nitrogens is 1. The third-order valence-electron chi connectivity index (χ3n) is 4.07. The van der Waals surface area contributed by atoms with Crippen LogP contribution in [0.3, 0.4) is 0 Å². The molecule has 1 aliphatic heterocycles. The number of carbonyl (C=O) groups is 2. The second-order valence-electron chi connectivity index (χ2n) is 5.67. The van der Waals surface area contributed by atoms with E-state index in [2.05, 4.69) is 10.3 Å². The van der Waals surface area contributed by atoms with Gasteiger partial charge in [0.2, 0.25) is 5.91 Å². The maximum absolute atomic E-state index is 12.6. The van der Waals surface area contributed by atoms with E-state index in [-0.39, 0.29) is 18.4 Å². The highest BCUT2D eigenvalue weighted by molar-refractivity contribution is 5.86. The molecule has 2 atom stereocenters. The van der Waals surface area contributed by atoms with E-state index in [1.165, 1.54) is 0 Å². The van der Waals surface area contributed by atoms with Gasteiger partial charge < -0.3 is 15.0 Å². The highest BCUT2D eigenvalue weighted by atomic mass is 16.5. The van der Waals surface area contributed by atoms with E-state index in [9.17, 15) is 9.59 Å². The maximum atomic E-state index is 12.6. The molecule has 0 saturated carbocycles. The summed E-state index contributed by atoms with van der Waals surface area (Å²) < 4.78 is 5.56. The van der Waals surface area contributed by atoms with Gasteiger partial charge in [0.05, 0.1) is 6.04 Å². The van der Waals surface area contributed by atoms with Gasteiger partial charge in [0.1, 0.15) is 6.61 Å². The minimum absolute atomic E-state index is 0.0924. The van der Waals surface area contributed by atoms with Gasteiger partial charge in [-0.25, -0.2) is 0 Å². The van der Waals surface area contributed by atoms with Crippen molar-refractivity contribution in [2.45, 2.75) is 18.7 Å². The van der Waals surface area contributed by atoms with Crippen LogP contribution in [0.1, 0.15) is 17.2 Å². The largest absolute Gasteiger partial charge is 0.356 e. The molecule has 2 amide bonds. The summed E-state index contributed by atoms with van der Waals surface area (Å²) in [4.78, 5) is 30.2. The molecule has 1 saturated heterocycles. The number of benzene rings is 1. The first-order valence-electron chi connectivity index (χ1n) is 7.75. The predicted octanol–water partition coefficient (Wildman–Crippen LogP) is 1.30. The van der Waals surface area contributed by atoms with Crippen molar-refractivity contribution in [3.63, 3.8) is 0 Å². The van der Waals surface area contributed by atoms with E-state index in [4.69, 9.17) is 4.74 Å². The van der Waals surface area contributed by atoms with Gasteiger partial charge in [-0.3, -0.25) is 14.6 Å². The fraction of sp³-hybridized carbons (Fsp3) is 0.278. The van der Waals surface area contributed by atoms with Gasteiger partial charge in [-0.05, 0) is 17.2 Å². The molecule has 1 fully saturated rings. The first kappa shape index (κ1) is 16.1. The minimum Gasteiger partial charge on any atom is -0.356 e. The molecule has 24 heavy (non-hydrogen) atoms. The maximum Gasteiger partial charge on any atom is 0.251 e. The lowest BCUT2D eigenvalue weighted by atomic mass is 9.97. The second kappa shape index (κ2) is 7.23. The van der Waals surface area contributed by atoms with Crippen molar-refractivity contribution in [3.05, 3.63) is 66.0 Å². The smallest absolute Gasteiger partial charge is 0.251 e. The summed E-state index contributed by atoms with van der Waals surface area (Å²) in [6, 6.07) is 12.7. The molecule has 3 rings (SSSR count). The standard InChI is InChI=1S/C18H19N3O3/c1-21-15(22)12-24-17(16(21)14-7-3-2-4-8-14)18(23)20-11-13-6-5-9-19-10-13/h2-10,16-17H,11-12H2,1H3,(H,20,23)/t16-,17-/m0/s1. The Kier molecular flexibility index (Phi) is 4.86. The third kappa shape index (κ3) is 3.44. The Bertz CT molecular complexity index is 706. The minimum atomic E-state index is -0.744. The number of pyridine rings is 1. The number of hydrogen-bond donors (Lipinski definition) is 1. The van der Waals surface area contributed by atoms with Crippen molar-refractivity contribution < 1.29 is 14.3 Å². The number of morpholine rings is 1. The average molecular weight is 325 g/mol. The van der Waals surface area contributed by atoms with Crippen LogP contribution in [0.15, 0.2) is 54.9 Å². The zero-order valence-electron chi connectivity index (χ0n) is 13.4. The number of likely N-dealkylation sites (N-methyl/N-ethyl adjacent to an activating group) is 1. The predicted molar refractivity (Wildman–Crippen MR) is 87.8 cm³/mol. The van der Waals surface area contributed by atoms with Gasteiger partial charge in [-0.1, -0.05) is 36.4 Å². The summed E-state index contributed by atoms with van der Waals surface area (Å²) in [6.45, 7) is 0.274. The van der Waals surface area contributed by atoms with Crippen LogP contribution < -0.4 is 5.32 Å². The molecule has 6 heteroatoms. The number of rotatable bonds is 4. The topological polar surface area (TPSA) is 71.5 Å². The second-order valence-corrected chi connectivity index (χ2v) is 5.67. The van der Waals surface area contributed by atoms with Crippen molar-refractivity contribution in [1.29, 1.82) is 0 Å². The summed E-state index contributed by atoms with van der Waals surface area (Å²) in [6.07, 6.45) is 2.64.